The van der Waals surface area contributed by atoms with Crippen LogP contribution in [-0.2, 0) is 16.0 Å². The number of para-hydroxylation sites is 2. The number of unbranched alkanes of at least 4 members (excludes halogenated alkanes) is 4. The van der Waals surface area contributed by atoms with E-state index in [1.807, 2.05) is 60.7 Å². The third kappa shape index (κ3) is 11.9. The molecule has 1 N–H and O–H groups in total. The number of phenolic OH excluding ortho intramolecular Hbond substituents is 1. The van der Waals surface area contributed by atoms with Gasteiger partial charge in [-0.25, -0.2) is 0 Å². The van der Waals surface area contributed by atoms with E-state index in [-0.39, 0.29) is 5.75 Å². The van der Waals surface area contributed by atoms with Gasteiger partial charge in [-0.1, -0.05) is 50.8 Å². The normalized spacial score (nSPS) is 15.6. The molecular formula is C35H46N2O6. The Morgan fingerprint density at radius 2 is 1.47 bits per heavy atom. The molecule has 3 aromatic rings. The Hall–Kier alpha value is -3.59. The molecule has 1 heterocycles. The van der Waals surface area contributed by atoms with Gasteiger partial charge in [0.2, 0.25) is 0 Å². The van der Waals surface area contributed by atoms with Gasteiger partial charge in [0.05, 0.1) is 38.7 Å². The SMILES string of the molecule is CCCCCCCOc1ccc(N=Cc2cc(CN3CCOCCOc4ccccc4OCCOCC3)ccc2O)cc1. The van der Waals surface area contributed by atoms with Crippen molar-refractivity contribution >= 4 is 11.9 Å². The summed E-state index contributed by atoms with van der Waals surface area (Å²) in [6.45, 7) is 8.17. The highest BCUT2D eigenvalue weighted by atomic mass is 16.6. The van der Waals surface area contributed by atoms with Gasteiger partial charge in [0, 0.05) is 31.4 Å². The molecule has 4 rings (SSSR count). The van der Waals surface area contributed by atoms with Gasteiger partial charge < -0.3 is 28.8 Å². The van der Waals surface area contributed by atoms with E-state index < -0.39 is 0 Å². The lowest BCUT2D eigenvalue weighted by Gasteiger charge is -2.22. The van der Waals surface area contributed by atoms with Crippen LogP contribution < -0.4 is 14.2 Å². The number of benzene rings is 3. The van der Waals surface area contributed by atoms with Gasteiger partial charge in [-0.15, -0.1) is 0 Å². The van der Waals surface area contributed by atoms with Gasteiger partial charge in [0.25, 0.3) is 0 Å². The van der Waals surface area contributed by atoms with Gasteiger partial charge in [-0.05, 0) is 60.5 Å². The van der Waals surface area contributed by atoms with Crippen molar-refractivity contribution in [2.45, 2.75) is 45.6 Å². The lowest BCUT2D eigenvalue weighted by molar-refractivity contribution is 0.0575. The largest absolute Gasteiger partial charge is 0.507 e. The van der Waals surface area contributed by atoms with Crippen LogP contribution in [0.15, 0.2) is 71.7 Å². The number of fused-ring (bicyclic) bond motifs is 1. The van der Waals surface area contributed by atoms with Gasteiger partial charge in [0.1, 0.15) is 24.7 Å². The second-order valence-corrected chi connectivity index (χ2v) is 10.6. The van der Waals surface area contributed by atoms with E-state index in [1.165, 1.54) is 25.7 Å². The summed E-state index contributed by atoms with van der Waals surface area (Å²) in [5.41, 5.74) is 2.54. The molecule has 0 bridgehead atoms. The first kappa shape index (κ1) is 32.3. The van der Waals surface area contributed by atoms with Crippen molar-refractivity contribution < 1.29 is 28.8 Å². The van der Waals surface area contributed by atoms with Gasteiger partial charge in [-0.3, -0.25) is 9.89 Å². The van der Waals surface area contributed by atoms with Gasteiger partial charge >= 0.3 is 0 Å². The molecule has 1 aliphatic rings. The number of hydrogen-bond acceptors (Lipinski definition) is 8. The molecule has 0 aromatic heterocycles. The van der Waals surface area contributed by atoms with E-state index in [0.29, 0.717) is 63.2 Å². The predicted octanol–water partition coefficient (Wildman–Crippen LogP) is 6.80. The third-order valence-electron chi connectivity index (χ3n) is 7.13. The van der Waals surface area contributed by atoms with Gasteiger partial charge in [0.15, 0.2) is 11.5 Å². The summed E-state index contributed by atoms with van der Waals surface area (Å²) < 4.78 is 29.3. The van der Waals surface area contributed by atoms with Crippen LogP contribution in [0.4, 0.5) is 5.69 Å². The maximum atomic E-state index is 10.5. The minimum absolute atomic E-state index is 0.195. The molecule has 0 spiro atoms. The fourth-order valence-electron chi connectivity index (χ4n) is 4.70. The zero-order chi connectivity index (χ0) is 30.0. The van der Waals surface area contributed by atoms with Crippen LogP contribution in [0.3, 0.4) is 0 Å². The van der Waals surface area contributed by atoms with Crippen LogP contribution in [0.1, 0.15) is 50.2 Å². The smallest absolute Gasteiger partial charge is 0.161 e. The Balaban J connectivity index is 1.28. The molecular weight excluding hydrogens is 544 g/mol. The minimum Gasteiger partial charge on any atom is -0.507 e. The number of phenols is 1. The average molecular weight is 591 g/mol. The molecule has 0 aliphatic carbocycles. The van der Waals surface area contributed by atoms with Crippen LogP contribution >= 0.6 is 0 Å². The summed E-state index contributed by atoms with van der Waals surface area (Å²) in [4.78, 5) is 6.87. The highest BCUT2D eigenvalue weighted by Crippen LogP contribution is 2.26. The highest BCUT2D eigenvalue weighted by Gasteiger charge is 2.10. The third-order valence-corrected chi connectivity index (χ3v) is 7.13. The number of nitrogens with zero attached hydrogens (tertiary/aromatic N) is 2. The highest BCUT2D eigenvalue weighted by molar-refractivity contribution is 5.85. The Labute approximate surface area is 256 Å². The second-order valence-electron chi connectivity index (χ2n) is 10.6. The predicted molar refractivity (Wildman–Crippen MR) is 170 cm³/mol. The molecule has 0 saturated carbocycles. The first-order chi connectivity index (χ1) is 21.2. The van der Waals surface area contributed by atoms with Crippen LogP contribution in [0.2, 0.25) is 0 Å². The number of aromatic hydroxyl groups is 1. The van der Waals surface area contributed by atoms with Crippen molar-refractivity contribution in [2.75, 3.05) is 59.3 Å². The first-order valence-corrected chi connectivity index (χ1v) is 15.5. The minimum atomic E-state index is 0.195. The number of aliphatic imine (C=N–C) groups is 1. The molecule has 8 heteroatoms. The maximum Gasteiger partial charge on any atom is 0.161 e. The molecule has 3 aromatic carbocycles. The Morgan fingerprint density at radius 3 is 2.14 bits per heavy atom. The van der Waals surface area contributed by atoms with Crippen molar-refractivity contribution in [1.82, 2.24) is 4.90 Å². The summed E-state index contributed by atoms with van der Waals surface area (Å²) in [5, 5.41) is 10.5. The Morgan fingerprint density at radius 1 is 0.791 bits per heavy atom. The van der Waals surface area contributed by atoms with E-state index in [0.717, 1.165) is 43.1 Å². The van der Waals surface area contributed by atoms with Gasteiger partial charge in [-0.2, -0.15) is 0 Å². The summed E-state index contributed by atoms with van der Waals surface area (Å²) in [6, 6.07) is 21.0. The van der Waals surface area contributed by atoms with Crippen molar-refractivity contribution in [1.29, 1.82) is 0 Å². The molecule has 0 unspecified atom stereocenters. The molecule has 43 heavy (non-hydrogen) atoms. The molecule has 8 nitrogen and oxygen atoms in total. The average Bonchev–Trinajstić information content (AvgIpc) is 3.03. The molecule has 0 radical (unpaired) electrons. The first-order valence-electron chi connectivity index (χ1n) is 15.5. The molecule has 232 valence electrons. The fraction of sp³-hybridized carbons (Fsp3) is 0.457. The van der Waals surface area contributed by atoms with E-state index in [9.17, 15) is 5.11 Å². The summed E-state index contributed by atoms with van der Waals surface area (Å²) in [6.07, 6.45) is 7.79. The van der Waals surface area contributed by atoms with Crippen molar-refractivity contribution in [3.63, 3.8) is 0 Å². The zero-order valence-electron chi connectivity index (χ0n) is 25.4. The van der Waals surface area contributed by atoms with Crippen LogP contribution in [0.25, 0.3) is 0 Å². The summed E-state index contributed by atoms with van der Waals surface area (Å²) in [5.74, 6) is 2.47. The standard InChI is InChI=1S/C35H46N2O6/c1-2-3-4-5-8-19-41-32-14-12-31(13-15-32)36-27-30-26-29(11-16-33(30)38)28-37-17-20-39-22-24-42-34-9-6-7-10-35(34)43-25-23-40-21-18-37/h6-7,9-16,26-27,38H,2-5,8,17-25,28H2,1H3. The monoisotopic (exact) mass is 590 g/mol. The summed E-state index contributed by atoms with van der Waals surface area (Å²) >= 11 is 0. The zero-order valence-corrected chi connectivity index (χ0v) is 25.4. The molecule has 0 saturated heterocycles. The number of hydrogen-bond donors (Lipinski definition) is 1. The lowest BCUT2D eigenvalue weighted by Crippen LogP contribution is -2.31. The topological polar surface area (TPSA) is 82.0 Å². The molecule has 0 amide bonds. The second kappa shape index (κ2) is 18.8. The van der Waals surface area contributed by atoms with E-state index in [1.54, 1.807) is 12.3 Å². The Bertz CT molecular complexity index is 1200. The van der Waals surface area contributed by atoms with Crippen molar-refractivity contribution in [2.24, 2.45) is 4.99 Å². The fourth-order valence-corrected chi connectivity index (χ4v) is 4.70. The van der Waals surface area contributed by atoms with Crippen molar-refractivity contribution in [3.05, 3.63) is 77.9 Å². The summed E-state index contributed by atoms with van der Waals surface area (Å²) in [7, 11) is 0. The van der Waals surface area contributed by atoms with Crippen LogP contribution in [-0.4, -0.2) is 75.6 Å². The van der Waals surface area contributed by atoms with E-state index in [2.05, 4.69) is 16.8 Å². The maximum absolute atomic E-state index is 10.5. The molecule has 0 atom stereocenters. The molecule has 1 aliphatic heterocycles. The van der Waals surface area contributed by atoms with Crippen molar-refractivity contribution in [3.8, 4) is 23.0 Å². The molecule has 0 fully saturated rings. The quantitative estimate of drug-likeness (QED) is 0.194. The van der Waals surface area contributed by atoms with Crippen LogP contribution in [0.5, 0.6) is 23.0 Å². The number of ether oxygens (including phenoxy) is 5. The number of rotatable bonds is 11. The van der Waals surface area contributed by atoms with Crippen LogP contribution in [0, 0.1) is 0 Å². The Kier molecular flexibility index (Phi) is 14.2. The van der Waals surface area contributed by atoms with E-state index in [4.69, 9.17) is 23.7 Å². The van der Waals surface area contributed by atoms with E-state index >= 15 is 0 Å². The lowest BCUT2D eigenvalue weighted by atomic mass is 10.1.